The van der Waals surface area contributed by atoms with E-state index in [9.17, 15) is 4.79 Å². The van der Waals surface area contributed by atoms with E-state index in [2.05, 4.69) is 10.3 Å². The summed E-state index contributed by atoms with van der Waals surface area (Å²) in [5.41, 5.74) is 1.98. The molecule has 0 spiro atoms. The molecule has 18 heavy (non-hydrogen) atoms. The number of fused-ring (bicyclic) bond motifs is 1. The molecular formula is C13H17N3OS. The zero-order valence-corrected chi connectivity index (χ0v) is 11.5. The van der Waals surface area contributed by atoms with Crippen LogP contribution in [0.15, 0.2) is 23.7 Å². The predicted molar refractivity (Wildman–Crippen MR) is 74.0 cm³/mol. The Bertz CT molecular complexity index is 568. The number of rotatable bonds is 5. The summed E-state index contributed by atoms with van der Waals surface area (Å²) in [6.45, 7) is 4.63. The third kappa shape index (κ3) is 2.98. The molecule has 2 heterocycles. The Hall–Kier alpha value is -1.62. The largest absolute Gasteiger partial charge is 0.355 e. The second kappa shape index (κ2) is 5.82. The number of carbonyl (C=O) groups excluding carboxylic acids is 1. The van der Waals surface area contributed by atoms with E-state index in [-0.39, 0.29) is 5.91 Å². The molecule has 0 aliphatic carbocycles. The smallest absolute Gasteiger partial charge is 0.225 e. The molecule has 0 bridgehead atoms. The normalized spacial score (nSPS) is 11.4. The Morgan fingerprint density at radius 3 is 3.22 bits per heavy atom. The zero-order chi connectivity index (χ0) is 13.0. The zero-order valence-electron chi connectivity index (χ0n) is 10.6. The summed E-state index contributed by atoms with van der Waals surface area (Å²) in [5.74, 6) is 0.0607. The quantitative estimate of drug-likeness (QED) is 0.665. The lowest BCUT2D eigenvalue weighted by atomic mass is 10.3. The summed E-state index contributed by atoms with van der Waals surface area (Å²) >= 11 is 1.57. The number of hydrogen-bond acceptors (Lipinski definition) is 3. The highest BCUT2D eigenvalue weighted by Gasteiger charge is 2.09. The number of nitrogens with one attached hydrogen (secondary N) is 1. The van der Waals surface area contributed by atoms with Crippen molar-refractivity contribution in [3.8, 4) is 0 Å². The molecule has 0 aliphatic rings. The number of amides is 1. The summed E-state index contributed by atoms with van der Waals surface area (Å²) in [4.78, 5) is 17.1. The lowest BCUT2D eigenvalue weighted by Gasteiger charge is -2.02. The summed E-state index contributed by atoms with van der Waals surface area (Å²) < 4.78 is 1.99. The van der Waals surface area contributed by atoms with Crippen LogP contribution in [-0.4, -0.2) is 21.8 Å². The van der Waals surface area contributed by atoms with Crippen molar-refractivity contribution in [1.29, 1.82) is 0 Å². The highest BCUT2D eigenvalue weighted by molar-refractivity contribution is 7.15. The van der Waals surface area contributed by atoms with Crippen molar-refractivity contribution in [2.45, 2.75) is 26.7 Å². The first kappa shape index (κ1) is 12.8. The van der Waals surface area contributed by atoms with Gasteiger partial charge in [0.1, 0.15) is 0 Å². The summed E-state index contributed by atoms with van der Waals surface area (Å²) in [7, 11) is 0. The van der Waals surface area contributed by atoms with E-state index < -0.39 is 0 Å². The van der Waals surface area contributed by atoms with Gasteiger partial charge >= 0.3 is 0 Å². The highest BCUT2D eigenvalue weighted by Crippen LogP contribution is 2.16. The standard InChI is InChI=1S/C13H17N3OS/c1-3-4-5-6-14-12(17)7-11-9-18-13-15-10(2)8-16(11)13/h3-4,8-9H,5-7H2,1-2H3,(H,14,17)/b4-3+. The van der Waals surface area contributed by atoms with Crippen molar-refractivity contribution in [1.82, 2.24) is 14.7 Å². The van der Waals surface area contributed by atoms with Crippen LogP contribution in [0, 0.1) is 6.92 Å². The number of carbonyl (C=O) groups is 1. The monoisotopic (exact) mass is 263 g/mol. The third-order valence-electron chi connectivity index (χ3n) is 2.61. The predicted octanol–water partition coefficient (Wildman–Crippen LogP) is 2.33. The van der Waals surface area contributed by atoms with E-state index in [1.165, 1.54) is 0 Å². The number of thiazole rings is 1. The van der Waals surface area contributed by atoms with Gasteiger partial charge in [0.25, 0.3) is 0 Å². The van der Waals surface area contributed by atoms with Gasteiger partial charge in [0.2, 0.25) is 5.91 Å². The van der Waals surface area contributed by atoms with Gasteiger partial charge in [-0.15, -0.1) is 11.3 Å². The lowest BCUT2D eigenvalue weighted by Crippen LogP contribution is -2.26. The Labute approximate surface area is 110 Å². The minimum absolute atomic E-state index is 0.0607. The van der Waals surface area contributed by atoms with Crippen molar-refractivity contribution < 1.29 is 4.79 Å². The molecule has 5 heteroatoms. The van der Waals surface area contributed by atoms with E-state index in [1.807, 2.05) is 42.0 Å². The molecule has 2 aromatic rings. The van der Waals surface area contributed by atoms with Gasteiger partial charge in [-0.2, -0.15) is 0 Å². The van der Waals surface area contributed by atoms with Gasteiger partial charge < -0.3 is 5.32 Å². The topological polar surface area (TPSA) is 46.4 Å². The Kier molecular flexibility index (Phi) is 4.15. The first-order valence-corrected chi connectivity index (χ1v) is 6.88. The van der Waals surface area contributed by atoms with Crippen LogP contribution in [0.5, 0.6) is 0 Å². The van der Waals surface area contributed by atoms with Crippen molar-refractivity contribution in [3.05, 3.63) is 35.1 Å². The first-order valence-electron chi connectivity index (χ1n) is 6.00. The SMILES string of the molecule is C/C=C/CCNC(=O)Cc1csc2nc(C)cn12. The molecule has 0 fully saturated rings. The van der Waals surface area contributed by atoms with Gasteiger partial charge in [-0.25, -0.2) is 4.98 Å². The number of aromatic nitrogens is 2. The van der Waals surface area contributed by atoms with Crippen LogP contribution in [0.3, 0.4) is 0 Å². The molecule has 0 saturated heterocycles. The second-order valence-electron chi connectivity index (χ2n) is 4.15. The fraction of sp³-hybridized carbons (Fsp3) is 0.385. The third-order valence-corrected chi connectivity index (χ3v) is 3.50. The number of nitrogens with zero attached hydrogens (tertiary/aromatic N) is 2. The number of hydrogen-bond donors (Lipinski definition) is 1. The molecule has 0 atom stereocenters. The van der Waals surface area contributed by atoms with Crippen molar-refractivity contribution >= 4 is 22.2 Å². The first-order chi connectivity index (χ1) is 8.70. The van der Waals surface area contributed by atoms with E-state index in [0.29, 0.717) is 13.0 Å². The van der Waals surface area contributed by atoms with Crippen LogP contribution in [0.4, 0.5) is 0 Å². The molecule has 0 radical (unpaired) electrons. The Balaban J connectivity index is 1.94. The van der Waals surface area contributed by atoms with Crippen molar-refractivity contribution in [2.75, 3.05) is 6.54 Å². The van der Waals surface area contributed by atoms with E-state index in [0.717, 1.165) is 22.8 Å². The summed E-state index contributed by atoms with van der Waals surface area (Å²) in [6, 6.07) is 0. The van der Waals surface area contributed by atoms with Crippen LogP contribution < -0.4 is 5.32 Å². The number of allylic oxidation sites excluding steroid dienone is 1. The maximum Gasteiger partial charge on any atom is 0.225 e. The van der Waals surface area contributed by atoms with Gasteiger partial charge in [0.05, 0.1) is 12.1 Å². The highest BCUT2D eigenvalue weighted by atomic mass is 32.1. The van der Waals surface area contributed by atoms with Gasteiger partial charge in [0.15, 0.2) is 4.96 Å². The summed E-state index contributed by atoms with van der Waals surface area (Å²) in [6.07, 6.45) is 7.29. The molecule has 0 unspecified atom stereocenters. The van der Waals surface area contributed by atoms with Crippen LogP contribution in [0.25, 0.3) is 4.96 Å². The number of imidazole rings is 1. The van der Waals surface area contributed by atoms with Crippen LogP contribution in [-0.2, 0) is 11.2 Å². The average molecular weight is 263 g/mol. The van der Waals surface area contributed by atoms with Crippen LogP contribution >= 0.6 is 11.3 Å². The molecule has 4 nitrogen and oxygen atoms in total. The van der Waals surface area contributed by atoms with Crippen LogP contribution in [0.2, 0.25) is 0 Å². The van der Waals surface area contributed by atoms with Crippen molar-refractivity contribution in [3.63, 3.8) is 0 Å². The van der Waals surface area contributed by atoms with Gasteiger partial charge in [-0.05, 0) is 20.3 Å². The van der Waals surface area contributed by atoms with Crippen molar-refractivity contribution in [2.24, 2.45) is 0 Å². The lowest BCUT2D eigenvalue weighted by molar-refractivity contribution is -0.120. The molecule has 0 saturated carbocycles. The maximum atomic E-state index is 11.8. The summed E-state index contributed by atoms with van der Waals surface area (Å²) in [5, 5.41) is 4.90. The molecule has 2 aromatic heterocycles. The van der Waals surface area contributed by atoms with Crippen LogP contribution in [0.1, 0.15) is 24.7 Å². The Morgan fingerprint density at radius 1 is 1.61 bits per heavy atom. The second-order valence-corrected chi connectivity index (χ2v) is 4.98. The molecule has 96 valence electrons. The minimum atomic E-state index is 0.0607. The molecule has 2 rings (SSSR count). The molecule has 0 aliphatic heterocycles. The average Bonchev–Trinajstić information content (AvgIpc) is 2.86. The molecule has 1 N–H and O–H groups in total. The van der Waals surface area contributed by atoms with Gasteiger partial charge in [0, 0.05) is 23.8 Å². The van der Waals surface area contributed by atoms with Gasteiger partial charge in [-0.3, -0.25) is 9.20 Å². The Morgan fingerprint density at radius 2 is 2.44 bits per heavy atom. The molecule has 0 aromatic carbocycles. The molecule has 1 amide bonds. The van der Waals surface area contributed by atoms with E-state index in [1.54, 1.807) is 11.3 Å². The fourth-order valence-corrected chi connectivity index (χ4v) is 2.68. The molecular weight excluding hydrogens is 246 g/mol. The fourth-order valence-electron chi connectivity index (χ4n) is 1.76. The van der Waals surface area contributed by atoms with E-state index >= 15 is 0 Å². The number of aryl methyl sites for hydroxylation is 1. The minimum Gasteiger partial charge on any atom is -0.355 e. The van der Waals surface area contributed by atoms with Gasteiger partial charge in [-0.1, -0.05) is 12.2 Å². The maximum absolute atomic E-state index is 11.8. The van der Waals surface area contributed by atoms with E-state index in [4.69, 9.17) is 0 Å².